The molecule has 0 aliphatic heterocycles. The van der Waals surface area contributed by atoms with Crippen LogP contribution in [0.5, 0.6) is 5.75 Å². The number of benzene rings is 2. The fraction of sp³-hybridized carbons (Fsp3) is 0.280. The van der Waals surface area contributed by atoms with E-state index in [1.807, 2.05) is 30.3 Å². The van der Waals surface area contributed by atoms with E-state index in [9.17, 15) is 20.0 Å². The van der Waals surface area contributed by atoms with Crippen LogP contribution >= 0.6 is 11.3 Å². The molecule has 8 heteroatoms. The van der Waals surface area contributed by atoms with Crippen molar-refractivity contribution >= 4 is 34.2 Å². The van der Waals surface area contributed by atoms with Crippen molar-refractivity contribution in [3.05, 3.63) is 85.3 Å². The first-order chi connectivity index (χ1) is 16.0. The quantitative estimate of drug-likeness (QED) is 0.209. The van der Waals surface area contributed by atoms with Gasteiger partial charge in [0.15, 0.2) is 0 Å². The van der Waals surface area contributed by atoms with Gasteiger partial charge in [0, 0.05) is 17.2 Å². The molecule has 7 nitrogen and oxygen atoms in total. The molecular formula is C25H23N2O5S-. The van der Waals surface area contributed by atoms with Crippen LogP contribution in [0, 0.1) is 10.1 Å². The molecule has 0 atom stereocenters. The van der Waals surface area contributed by atoms with Crippen molar-refractivity contribution < 1.29 is 19.6 Å². The highest BCUT2D eigenvalue weighted by atomic mass is 32.1. The zero-order valence-electron chi connectivity index (χ0n) is 18.2. The van der Waals surface area contributed by atoms with E-state index in [4.69, 9.17) is 4.74 Å². The Hall–Kier alpha value is -3.52. The molecule has 4 rings (SSSR count). The lowest BCUT2D eigenvalue weighted by atomic mass is 9.95. The smallest absolute Gasteiger partial charge is 0.341 e. The Morgan fingerprint density at radius 2 is 1.94 bits per heavy atom. The molecule has 1 heterocycles. The number of carbonyl (C=O) groups excluding carboxylic acids is 1. The second kappa shape index (κ2) is 9.95. The largest absolute Gasteiger partial charge is 0.867 e. The van der Waals surface area contributed by atoms with Crippen LogP contribution in [0.2, 0.25) is 0 Å². The number of fused-ring (bicyclic) bond motifs is 1. The molecule has 1 aliphatic carbocycles. The summed E-state index contributed by atoms with van der Waals surface area (Å²) in [6.45, 7) is 2.01. The Kier molecular flexibility index (Phi) is 6.84. The minimum Gasteiger partial charge on any atom is -0.867 e. The normalized spacial score (nSPS) is 13.1. The first kappa shape index (κ1) is 22.7. The molecule has 3 aromatic rings. The monoisotopic (exact) mass is 463 g/mol. The van der Waals surface area contributed by atoms with Gasteiger partial charge in [0.25, 0.3) is 5.69 Å². The van der Waals surface area contributed by atoms with Crippen LogP contribution in [0.25, 0.3) is 0 Å². The number of nitrogens with zero attached hydrogens (tertiary/aromatic N) is 2. The van der Waals surface area contributed by atoms with E-state index in [2.05, 4.69) is 4.99 Å². The van der Waals surface area contributed by atoms with Crippen LogP contribution in [-0.2, 0) is 24.0 Å². The van der Waals surface area contributed by atoms with Gasteiger partial charge in [-0.2, -0.15) is 0 Å². The standard InChI is InChI=1S/C25H24N2O5S/c1-2-32-25(29)22-19-10-6-7-11-21(19)33-24(22)26-15-18-13-17(12-16-8-4-3-5-9-16)14-20(23(18)28)27(30)31/h3-5,8-9,13-15,28H,2,6-7,10-12H2,1H3/p-1. The van der Waals surface area contributed by atoms with Gasteiger partial charge in [-0.3, -0.25) is 10.1 Å². The number of hydrogen-bond acceptors (Lipinski definition) is 7. The van der Waals surface area contributed by atoms with E-state index < -0.39 is 22.3 Å². The van der Waals surface area contributed by atoms with Crippen molar-refractivity contribution in [3.63, 3.8) is 0 Å². The van der Waals surface area contributed by atoms with Crippen molar-refractivity contribution in [2.45, 2.75) is 39.0 Å². The summed E-state index contributed by atoms with van der Waals surface area (Å²) in [6, 6.07) is 12.5. The third-order valence-electron chi connectivity index (χ3n) is 5.56. The molecule has 0 unspecified atom stereocenters. The highest BCUT2D eigenvalue weighted by Crippen LogP contribution is 2.40. The van der Waals surface area contributed by atoms with Crippen LogP contribution < -0.4 is 5.11 Å². The number of ether oxygens (including phenoxy) is 1. The average molecular weight is 464 g/mol. The number of hydrogen-bond donors (Lipinski definition) is 0. The molecule has 170 valence electrons. The van der Waals surface area contributed by atoms with E-state index in [0.29, 0.717) is 22.5 Å². The third-order valence-corrected chi connectivity index (χ3v) is 6.76. The molecule has 0 amide bonds. The van der Waals surface area contributed by atoms with Crippen LogP contribution in [0.15, 0.2) is 47.5 Å². The summed E-state index contributed by atoms with van der Waals surface area (Å²) in [7, 11) is 0. The summed E-state index contributed by atoms with van der Waals surface area (Å²) in [5.41, 5.74) is 2.68. The van der Waals surface area contributed by atoms with Gasteiger partial charge >= 0.3 is 5.97 Å². The Labute approximate surface area is 195 Å². The van der Waals surface area contributed by atoms with Gasteiger partial charge in [-0.25, -0.2) is 9.79 Å². The van der Waals surface area contributed by atoms with E-state index in [0.717, 1.165) is 41.7 Å². The number of esters is 1. The molecule has 33 heavy (non-hydrogen) atoms. The molecule has 0 saturated carbocycles. The van der Waals surface area contributed by atoms with Crippen molar-refractivity contribution in [2.24, 2.45) is 4.99 Å². The van der Waals surface area contributed by atoms with Crippen molar-refractivity contribution in [2.75, 3.05) is 6.61 Å². The predicted molar refractivity (Wildman–Crippen MR) is 126 cm³/mol. The molecule has 0 bridgehead atoms. The SMILES string of the molecule is CCOC(=O)c1c(N=Cc2cc(Cc3ccccc3)cc([N+](=O)[O-])c2[O-])sc2c1CCCC2. The lowest BCUT2D eigenvalue weighted by molar-refractivity contribution is -0.398. The molecule has 0 N–H and O–H groups in total. The molecule has 0 fully saturated rings. The maximum absolute atomic E-state index is 12.7. The van der Waals surface area contributed by atoms with Crippen LogP contribution in [0.3, 0.4) is 0 Å². The fourth-order valence-electron chi connectivity index (χ4n) is 4.05. The second-order valence-electron chi connectivity index (χ2n) is 7.82. The number of thiophene rings is 1. The molecule has 1 aromatic heterocycles. The highest BCUT2D eigenvalue weighted by molar-refractivity contribution is 7.16. The summed E-state index contributed by atoms with van der Waals surface area (Å²) in [5, 5.41) is 24.7. The first-order valence-corrected chi connectivity index (χ1v) is 11.7. The summed E-state index contributed by atoms with van der Waals surface area (Å²) in [5.74, 6) is -1.12. The lowest BCUT2D eigenvalue weighted by Crippen LogP contribution is -2.09. The Morgan fingerprint density at radius 1 is 1.18 bits per heavy atom. The highest BCUT2D eigenvalue weighted by Gasteiger charge is 2.26. The number of carbonyl (C=O) groups is 1. The zero-order valence-corrected chi connectivity index (χ0v) is 19.0. The van der Waals surface area contributed by atoms with E-state index in [1.54, 1.807) is 13.0 Å². The lowest BCUT2D eigenvalue weighted by Gasteiger charge is -2.13. The molecule has 0 saturated heterocycles. The average Bonchev–Trinajstić information content (AvgIpc) is 3.18. The predicted octanol–water partition coefficient (Wildman–Crippen LogP) is 5.13. The second-order valence-corrected chi connectivity index (χ2v) is 8.91. The van der Waals surface area contributed by atoms with Crippen molar-refractivity contribution in [1.82, 2.24) is 0 Å². The van der Waals surface area contributed by atoms with Crippen LogP contribution in [0.1, 0.15) is 57.3 Å². The van der Waals surface area contributed by atoms with E-state index in [1.165, 1.54) is 23.6 Å². The number of rotatable bonds is 7. The van der Waals surface area contributed by atoms with E-state index >= 15 is 0 Å². The van der Waals surface area contributed by atoms with Gasteiger partial charge in [-0.05, 0) is 73.1 Å². The molecule has 0 radical (unpaired) electrons. The number of aryl methyl sites for hydroxylation is 1. The number of nitro groups is 1. The Morgan fingerprint density at radius 3 is 2.67 bits per heavy atom. The maximum atomic E-state index is 12.7. The van der Waals surface area contributed by atoms with Gasteiger partial charge in [0.2, 0.25) is 0 Å². The minimum absolute atomic E-state index is 0.122. The zero-order chi connectivity index (χ0) is 23.4. The summed E-state index contributed by atoms with van der Waals surface area (Å²) < 4.78 is 5.25. The van der Waals surface area contributed by atoms with Gasteiger partial charge in [0.1, 0.15) is 5.00 Å². The fourth-order valence-corrected chi connectivity index (χ4v) is 5.27. The Balaban J connectivity index is 1.74. The number of nitro benzene ring substituents is 1. The molecule has 2 aromatic carbocycles. The third kappa shape index (κ3) is 4.96. The summed E-state index contributed by atoms with van der Waals surface area (Å²) in [4.78, 5) is 29.1. The van der Waals surface area contributed by atoms with Gasteiger partial charge in [-0.1, -0.05) is 30.3 Å². The first-order valence-electron chi connectivity index (χ1n) is 10.9. The molecular weight excluding hydrogens is 440 g/mol. The van der Waals surface area contributed by atoms with Gasteiger partial charge in [-0.15, -0.1) is 11.3 Å². The summed E-state index contributed by atoms with van der Waals surface area (Å²) in [6.07, 6.45) is 5.51. The summed E-state index contributed by atoms with van der Waals surface area (Å²) >= 11 is 1.42. The van der Waals surface area contributed by atoms with Crippen molar-refractivity contribution in [1.29, 1.82) is 0 Å². The van der Waals surface area contributed by atoms with Gasteiger partial charge in [0.05, 0.1) is 17.1 Å². The van der Waals surface area contributed by atoms with Crippen molar-refractivity contribution in [3.8, 4) is 5.75 Å². The number of aliphatic imine (C=N–C) groups is 1. The Bertz CT molecular complexity index is 1220. The minimum atomic E-state index is -0.695. The van der Waals surface area contributed by atoms with Crippen LogP contribution in [0.4, 0.5) is 10.7 Å². The maximum Gasteiger partial charge on any atom is 0.341 e. The molecule has 1 aliphatic rings. The van der Waals surface area contributed by atoms with Gasteiger partial charge < -0.3 is 9.84 Å². The molecule has 0 spiro atoms. The van der Waals surface area contributed by atoms with E-state index in [-0.39, 0.29) is 12.2 Å². The topological polar surface area (TPSA) is 105 Å². The van der Waals surface area contributed by atoms with Crippen LogP contribution in [-0.4, -0.2) is 23.7 Å².